The molecule has 0 aliphatic carbocycles. The van der Waals surface area contributed by atoms with E-state index >= 15 is 0 Å². The van der Waals surface area contributed by atoms with Crippen LogP contribution in [-0.2, 0) is 32.8 Å². The molecule has 0 saturated carbocycles. The molecule has 1 aliphatic heterocycles. The van der Waals surface area contributed by atoms with Crippen LogP contribution in [-0.4, -0.2) is 54.7 Å². The molecule has 0 radical (unpaired) electrons. The van der Waals surface area contributed by atoms with E-state index in [0.717, 1.165) is 4.90 Å². The first-order chi connectivity index (χ1) is 14.4. The number of nitrogens with one attached hydrogen (secondary N) is 1. The van der Waals surface area contributed by atoms with Crippen LogP contribution in [0.1, 0.15) is 31.0 Å². The Hall–Kier alpha value is -2.99. The summed E-state index contributed by atoms with van der Waals surface area (Å²) in [4.78, 5) is 28.5. The monoisotopic (exact) mass is 438 g/mol. The number of rotatable bonds is 10. The van der Waals surface area contributed by atoms with Crippen LogP contribution in [0.15, 0.2) is 28.8 Å². The number of amides is 2. The number of carbonyl (C=O) groups is 2. The lowest BCUT2D eigenvalue weighted by Crippen LogP contribution is -2.43. The maximum atomic E-state index is 12.1. The molecule has 1 fully saturated rings. The van der Waals surface area contributed by atoms with Crippen LogP contribution in [0.5, 0.6) is 11.5 Å². The van der Waals surface area contributed by atoms with Crippen molar-refractivity contribution >= 4 is 21.8 Å². The summed E-state index contributed by atoms with van der Waals surface area (Å²) in [6, 6.07) is 6.95. The largest absolute Gasteiger partial charge is 0.497 e. The Morgan fingerprint density at radius 3 is 2.47 bits per heavy atom. The van der Waals surface area contributed by atoms with E-state index in [-0.39, 0.29) is 56.1 Å². The third-order valence-electron chi connectivity index (χ3n) is 4.35. The van der Waals surface area contributed by atoms with Crippen LogP contribution in [0.2, 0.25) is 0 Å². The Bertz CT molecular complexity index is 972. The van der Waals surface area contributed by atoms with Gasteiger partial charge in [-0.25, -0.2) is 13.1 Å². The highest BCUT2D eigenvalue weighted by Gasteiger charge is 2.27. The van der Waals surface area contributed by atoms with Gasteiger partial charge in [-0.1, -0.05) is 5.16 Å². The van der Waals surface area contributed by atoms with Crippen LogP contribution in [0.4, 0.5) is 0 Å². The molecule has 1 saturated heterocycles. The van der Waals surface area contributed by atoms with E-state index in [9.17, 15) is 18.0 Å². The minimum absolute atomic E-state index is 0.0434. The highest BCUT2D eigenvalue weighted by Crippen LogP contribution is 2.18. The Labute approximate surface area is 173 Å². The Morgan fingerprint density at radius 1 is 1.13 bits per heavy atom. The topological polar surface area (TPSA) is 141 Å². The second-order valence-electron chi connectivity index (χ2n) is 6.50. The third-order valence-corrected chi connectivity index (χ3v) is 5.65. The fourth-order valence-corrected chi connectivity index (χ4v) is 3.66. The lowest BCUT2D eigenvalue weighted by atomic mass is 10.1. The first-order valence-electron chi connectivity index (χ1n) is 9.25. The molecular weight excluding hydrogens is 416 g/mol. The molecule has 2 amide bonds. The van der Waals surface area contributed by atoms with Crippen LogP contribution < -0.4 is 14.2 Å². The molecule has 2 aromatic rings. The molecule has 1 aromatic carbocycles. The van der Waals surface area contributed by atoms with Crippen molar-refractivity contribution in [1.29, 1.82) is 0 Å². The molecule has 1 N–H and O–H groups in total. The average Bonchev–Trinajstić information content (AvgIpc) is 3.19. The summed E-state index contributed by atoms with van der Waals surface area (Å²) in [5, 5.41) is 3.74. The van der Waals surface area contributed by atoms with Gasteiger partial charge in [0.1, 0.15) is 11.5 Å². The van der Waals surface area contributed by atoms with E-state index in [4.69, 9.17) is 14.0 Å². The van der Waals surface area contributed by atoms with Gasteiger partial charge in [0.05, 0.1) is 19.4 Å². The van der Waals surface area contributed by atoms with Crippen LogP contribution in [0.25, 0.3) is 0 Å². The highest BCUT2D eigenvalue weighted by molar-refractivity contribution is 7.89. The summed E-state index contributed by atoms with van der Waals surface area (Å²) in [5.41, 5.74) is 0. The number of carbonyl (C=O) groups excluding carboxylic acids is 2. The van der Waals surface area contributed by atoms with Gasteiger partial charge in [0, 0.05) is 19.4 Å². The lowest BCUT2D eigenvalue weighted by Gasteiger charge is -2.24. The molecule has 0 spiro atoms. The molecule has 162 valence electrons. The number of imide groups is 1. The molecular formula is C18H22N4O7S. The highest BCUT2D eigenvalue weighted by atomic mass is 32.2. The number of likely N-dealkylation sites (tertiary alicyclic amines) is 1. The zero-order chi connectivity index (χ0) is 21.6. The molecule has 1 aromatic heterocycles. The van der Waals surface area contributed by atoms with Crippen molar-refractivity contribution in [3.8, 4) is 11.5 Å². The normalized spacial score (nSPS) is 14.8. The molecule has 2 heterocycles. The van der Waals surface area contributed by atoms with E-state index in [1.165, 1.54) is 0 Å². The smallest absolute Gasteiger partial charge is 0.241 e. The fraction of sp³-hybridized carbons (Fsp3) is 0.444. The third kappa shape index (κ3) is 6.00. The van der Waals surface area contributed by atoms with Gasteiger partial charge in [-0.05, 0) is 30.7 Å². The van der Waals surface area contributed by atoms with E-state index in [1.54, 1.807) is 31.4 Å². The van der Waals surface area contributed by atoms with Gasteiger partial charge in [0.15, 0.2) is 6.61 Å². The summed E-state index contributed by atoms with van der Waals surface area (Å²) in [6.45, 7) is -0.348. The number of benzene rings is 1. The maximum Gasteiger partial charge on any atom is 0.241 e. The number of piperidine rings is 1. The summed E-state index contributed by atoms with van der Waals surface area (Å²) in [5.74, 6) is 0.517. The van der Waals surface area contributed by atoms with Crippen molar-refractivity contribution in [1.82, 2.24) is 19.8 Å². The van der Waals surface area contributed by atoms with Gasteiger partial charge in [0.2, 0.25) is 33.6 Å². The number of hydrogen-bond acceptors (Lipinski definition) is 9. The van der Waals surface area contributed by atoms with Gasteiger partial charge >= 0.3 is 0 Å². The average molecular weight is 438 g/mol. The van der Waals surface area contributed by atoms with Crippen molar-refractivity contribution < 1.29 is 32.0 Å². The molecule has 12 heteroatoms. The SMILES string of the molecule is COc1ccc(OCc2noc(CNS(=O)(=O)CCN3C(=O)CCCC3=O)n2)cc1. The zero-order valence-corrected chi connectivity index (χ0v) is 17.2. The molecule has 3 rings (SSSR count). The predicted octanol–water partition coefficient (Wildman–Crippen LogP) is 0.616. The standard InChI is InChI=1S/C18H22N4O7S/c1-27-13-5-7-14(8-6-13)28-12-15-20-16(29-21-15)11-19-30(25,26)10-9-22-17(23)3-2-4-18(22)24/h5-8,19H,2-4,9-12H2,1H3. The van der Waals surface area contributed by atoms with Crippen molar-refractivity contribution in [3.05, 3.63) is 36.0 Å². The van der Waals surface area contributed by atoms with E-state index in [0.29, 0.717) is 17.9 Å². The fourth-order valence-electron chi connectivity index (χ4n) is 2.74. The number of nitrogens with zero attached hydrogens (tertiary/aromatic N) is 3. The number of sulfonamides is 1. The van der Waals surface area contributed by atoms with Crippen molar-refractivity contribution in [3.63, 3.8) is 0 Å². The Morgan fingerprint density at radius 2 is 1.80 bits per heavy atom. The summed E-state index contributed by atoms with van der Waals surface area (Å²) >= 11 is 0. The summed E-state index contributed by atoms with van der Waals surface area (Å²) in [6.07, 6.45) is 1.01. The van der Waals surface area contributed by atoms with Crippen molar-refractivity contribution in [2.75, 3.05) is 19.4 Å². The number of hydrogen-bond donors (Lipinski definition) is 1. The molecule has 0 atom stereocenters. The van der Waals surface area contributed by atoms with Gasteiger partial charge in [-0.15, -0.1) is 0 Å². The first kappa shape index (κ1) is 21.7. The number of methoxy groups -OCH3 is 1. The minimum Gasteiger partial charge on any atom is -0.497 e. The van der Waals surface area contributed by atoms with Crippen molar-refractivity contribution in [2.24, 2.45) is 0 Å². The second-order valence-corrected chi connectivity index (χ2v) is 8.43. The van der Waals surface area contributed by atoms with Gasteiger partial charge in [-0.3, -0.25) is 14.5 Å². The molecule has 1 aliphatic rings. The Balaban J connectivity index is 1.45. The van der Waals surface area contributed by atoms with E-state index < -0.39 is 15.8 Å². The van der Waals surface area contributed by atoms with Gasteiger partial charge in [-0.2, -0.15) is 4.98 Å². The minimum atomic E-state index is -3.75. The van der Waals surface area contributed by atoms with Crippen molar-refractivity contribution in [2.45, 2.75) is 32.4 Å². The summed E-state index contributed by atoms with van der Waals surface area (Å²) < 4.78 is 42.2. The lowest BCUT2D eigenvalue weighted by molar-refractivity contribution is -0.147. The second kappa shape index (κ2) is 9.67. The zero-order valence-electron chi connectivity index (χ0n) is 16.4. The molecule has 30 heavy (non-hydrogen) atoms. The molecule has 0 bridgehead atoms. The number of ether oxygens (including phenoxy) is 2. The predicted molar refractivity (Wildman–Crippen MR) is 103 cm³/mol. The first-order valence-corrected chi connectivity index (χ1v) is 10.9. The molecule has 0 unspecified atom stereocenters. The van der Waals surface area contributed by atoms with E-state index in [2.05, 4.69) is 14.9 Å². The van der Waals surface area contributed by atoms with Crippen LogP contribution in [0, 0.1) is 0 Å². The van der Waals surface area contributed by atoms with Gasteiger partial charge < -0.3 is 14.0 Å². The van der Waals surface area contributed by atoms with Gasteiger partial charge in [0.25, 0.3) is 0 Å². The molecule has 11 nitrogen and oxygen atoms in total. The maximum absolute atomic E-state index is 12.1. The Kier molecular flexibility index (Phi) is 7.00. The van der Waals surface area contributed by atoms with E-state index in [1.807, 2.05) is 0 Å². The summed E-state index contributed by atoms with van der Waals surface area (Å²) in [7, 11) is -2.18. The van der Waals surface area contributed by atoms with Crippen LogP contribution >= 0.6 is 0 Å². The number of aromatic nitrogens is 2. The quantitative estimate of drug-likeness (QED) is 0.528. The van der Waals surface area contributed by atoms with Crippen LogP contribution in [0.3, 0.4) is 0 Å².